The molecule has 9 nitrogen and oxygen atoms in total. The van der Waals surface area contributed by atoms with Crippen molar-refractivity contribution < 1.29 is 18.3 Å². The molecule has 3 aromatic rings. The number of nitrogens with one attached hydrogen (secondary N) is 3. The molecular weight excluding hydrogens is 480 g/mol. The fourth-order valence-electron chi connectivity index (χ4n) is 3.21. The minimum absolute atomic E-state index is 0. The number of benzene rings is 1. The fourth-order valence-corrected chi connectivity index (χ4v) is 4.59. The highest BCUT2D eigenvalue weighted by atomic mass is 35.5. The minimum Gasteiger partial charge on any atom is -0.481 e. The molecule has 0 atom stereocenters. The number of aliphatic carboxylic acids is 1. The molecule has 0 radical (unpaired) electrons. The number of nitrogens with zero attached hydrogens (tertiary/aromatic N) is 1. The predicted octanol–water partition coefficient (Wildman–Crippen LogP) is 2.92. The Morgan fingerprint density at radius 3 is 2.53 bits per heavy atom. The van der Waals surface area contributed by atoms with E-state index in [1.165, 1.54) is 10.4 Å². The van der Waals surface area contributed by atoms with E-state index in [-0.39, 0.29) is 42.0 Å². The number of aromatic amines is 2. The molecule has 4 N–H and O–H groups in total. The molecule has 186 valence electrons. The summed E-state index contributed by atoms with van der Waals surface area (Å²) in [5, 5.41) is 12.4. The summed E-state index contributed by atoms with van der Waals surface area (Å²) >= 11 is 0. The average molecular weight is 511 g/mol. The molecule has 0 aliphatic rings. The van der Waals surface area contributed by atoms with Crippen LogP contribution >= 0.6 is 12.4 Å². The molecule has 0 saturated heterocycles. The van der Waals surface area contributed by atoms with Crippen molar-refractivity contribution in [3.63, 3.8) is 0 Å². The number of halogens is 1. The monoisotopic (exact) mass is 510 g/mol. The highest BCUT2D eigenvalue weighted by molar-refractivity contribution is 7.89. The average Bonchev–Trinajstić information content (AvgIpc) is 3.24. The van der Waals surface area contributed by atoms with Crippen molar-refractivity contribution in [1.29, 1.82) is 0 Å². The van der Waals surface area contributed by atoms with Crippen LogP contribution in [0.15, 0.2) is 40.2 Å². The van der Waals surface area contributed by atoms with Gasteiger partial charge >= 0.3 is 5.97 Å². The third-order valence-corrected chi connectivity index (χ3v) is 6.63. The van der Waals surface area contributed by atoms with E-state index in [2.05, 4.69) is 21.2 Å². The standard InChI is InChI=1S/C19H22N4O3S.C4H8O2.ClH/c1-4-10-23(11-9-20-13(2)3)27(25,26)14-5-6-17-16(12-14)15-7-8-21-18(15)19(24)22-17;1-2-3-4(5)6;/h1,5-8,12-13,20-21H,9-11H2,2-3H3,(H,22,24);2-3H2,1H3,(H,5,6);1H. The molecule has 0 unspecified atom stereocenters. The van der Waals surface area contributed by atoms with Crippen LogP contribution in [-0.2, 0) is 14.8 Å². The Morgan fingerprint density at radius 1 is 1.26 bits per heavy atom. The van der Waals surface area contributed by atoms with E-state index in [4.69, 9.17) is 11.5 Å². The molecule has 11 heteroatoms. The third kappa shape index (κ3) is 7.33. The second kappa shape index (κ2) is 13.2. The number of carbonyl (C=O) groups is 1. The maximum Gasteiger partial charge on any atom is 0.303 e. The molecular formula is C23H31ClN4O5S. The number of carboxylic acid groups (broad SMARTS) is 1. The van der Waals surface area contributed by atoms with E-state index in [1.807, 2.05) is 20.8 Å². The van der Waals surface area contributed by atoms with E-state index in [0.717, 1.165) is 6.42 Å². The summed E-state index contributed by atoms with van der Waals surface area (Å²) in [6, 6.07) is 6.69. The molecule has 2 aromatic heterocycles. The Bertz CT molecular complexity index is 1310. The first-order valence-electron chi connectivity index (χ1n) is 10.6. The van der Waals surface area contributed by atoms with Gasteiger partial charge < -0.3 is 20.4 Å². The largest absolute Gasteiger partial charge is 0.481 e. The number of H-pyrrole nitrogens is 2. The van der Waals surface area contributed by atoms with Crippen molar-refractivity contribution in [1.82, 2.24) is 19.6 Å². The van der Waals surface area contributed by atoms with Crippen molar-refractivity contribution in [2.75, 3.05) is 19.6 Å². The molecule has 0 bridgehead atoms. The van der Waals surface area contributed by atoms with Crippen LogP contribution in [0.2, 0.25) is 0 Å². The Hall–Kier alpha value is -2.84. The van der Waals surface area contributed by atoms with Crippen LogP contribution in [0.1, 0.15) is 33.6 Å². The molecule has 1 aromatic carbocycles. The highest BCUT2D eigenvalue weighted by Gasteiger charge is 2.24. The lowest BCUT2D eigenvalue weighted by atomic mass is 10.1. The minimum atomic E-state index is -3.77. The molecule has 0 aliphatic heterocycles. The normalized spacial score (nSPS) is 11.2. The number of fused-ring (bicyclic) bond motifs is 3. The van der Waals surface area contributed by atoms with E-state index >= 15 is 0 Å². The van der Waals surface area contributed by atoms with E-state index in [9.17, 15) is 18.0 Å². The van der Waals surface area contributed by atoms with Crippen LogP contribution in [0.4, 0.5) is 0 Å². The smallest absolute Gasteiger partial charge is 0.303 e. The van der Waals surface area contributed by atoms with Gasteiger partial charge in [-0.25, -0.2) is 8.42 Å². The third-order valence-electron chi connectivity index (χ3n) is 4.79. The molecule has 0 aliphatic carbocycles. The van der Waals surface area contributed by atoms with Gasteiger partial charge in [0, 0.05) is 48.0 Å². The van der Waals surface area contributed by atoms with E-state index in [1.54, 1.807) is 24.4 Å². The first-order chi connectivity index (χ1) is 15.6. The lowest BCUT2D eigenvalue weighted by Crippen LogP contribution is -2.38. The zero-order chi connectivity index (χ0) is 24.6. The number of rotatable bonds is 9. The summed E-state index contributed by atoms with van der Waals surface area (Å²) in [5.74, 6) is 1.71. The number of pyridine rings is 1. The van der Waals surface area contributed by atoms with Gasteiger partial charge in [0.25, 0.3) is 5.56 Å². The van der Waals surface area contributed by atoms with Gasteiger partial charge in [0.2, 0.25) is 10.0 Å². The van der Waals surface area contributed by atoms with Gasteiger partial charge in [-0.15, -0.1) is 18.8 Å². The second-order valence-corrected chi connectivity index (χ2v) is 9.66. The zero-order valence-corrected chi connectivity index (χ0v) is 21.1. The summed E-state index contributed by atoms with van der Waals surface area (Å²) < 4.78 is 27.5. The number of aromatic nitrogens is 2. The lowest BCUT2D eigenvalue weighted by molar-refractivity contribution is -0.137. The first-order valence-corrected chi connectivity index (χ1v) is 12.1. The Morgan fingerprint density at radius 2 is 1.97 bits per heavy atom. The van der Waals surface area contributed by atoms with Gasteiger partial charge in [0.05, 0.1) is 11.4 Å². The first kappa shape index (κ1) is 29.2. The summed E-state index contributed by atoms with van der Waals surface area (Å²) in [4.78, 5) is 27.4. The van der Waals surface area contributed by atoms with Gasteiger partial charge in [-0.1, -0.05) is 26.7 Å². The Labute approximate surface area is 205 Å². The SMILES string of the molecule is C#CCN(CCNC(C)C)S(=O)(=O)c1ccc2[nH]c(=O)c3[nH]ccc3c2c1.CCCC(=O)O.Cl. The van der Waals surface area contributed by atoms with Gasteiger partial charge in [0.15, 0.2) is 0 Å². The van der Waals surface area contributed by atoms with Gasteiger partial charge in [0.1, 0.15) is 5.52 Å². The van der Waals surface area contributed by atoms with Crippen molar-refractivity contribution in [2.45, 2.75) is 44.6 Å². The fraction of sp³-hybridized carbons (Fsp3) is 0.391. The maximum absolute atomic E-state index is 13.1. The van der Waals surface area contributed by atoms with Crippen LogP contribution in [0.5, 0.6) is 0 Å². The van der Waals surface area contributed by atoms with Crippen molar-refractivity contribution in [2.24, 2.45) is 0 Å². The molecule has 0 amide bonds. The second-order valence-electron chi connectivity index (χ2n) is 7.72. The van der Waals surface area contributed by atoms with Gasteiger partial charge in [-0.2, -0.15) is 4.31 Å². The van der Waals surface area contributed by atoms with Crippen molar-refractivity contribution in [3.8, 4) is 12.3 Å². The summed E-state index contributed by atoms with van der Waals surface area (Å²) in [6.07, 6.45) is 8.06. The number of carboxylic acids is 1. The number of sulfonamides is 1. The van der Waals surface area contributed by atoms with Gasteiger partial charge in [-0.3, -0.25) is 9.59 Å². The molecule has 0 fully saturated rings. The Kier molecular flexibility index (Phi) is 11.3. The van der Waals surface area contributed by atoms with Crippen LogP contribution in [0.25, 0.3) is 21.8 Å². The highest BCUT2D eigenvalue weighted by Crippen LogP contribution is 2.25. The molecule has 34 heavy (non-hydrogen) atoms. The number of hydrogen-bond acceptors (Lipinski definition) is 5. The topological polar surface area (TPSA) is 135 Å². The number of hydrogen-bond donors (Lipinski definition) is 4. The zero-order valence-electron chi connectivity index (χ0n) is 19.4. The molecule has 0 spiro atoms. The van der Waals surface area contributed by atoms with E-state index < -0.39 is 16.0 Å². The van der Waals surface area contributed by atoms with Crippen molar-refractivity contribution in [3.05, 3.63) is 40.8 Å². The maximum atomic E-state index is 13.1. The molecule has 0 saturated carbocycles. The number of terminal acetylenes is 1. The molecule has 3 rings (SSSR count). The lowest BCUT2D eigenvalue weighted by Gasteiger charge is -2.21. The van der Waals surface area contributed by atoms with Crippen LogP contribution in [0, 0.1) is 12.3 Å². The Balaban J connectivity index is 0.000000735. The summed E-state index contributed by atoms with van der Waals surface area (Å²) in [6.45, 7) is 6.59. The van der Waals surface area contributed by atoms with Crippen LogP contribution in [-0.4, -0.2) is 59.4 Å². The quantitative estimate of drug-likeness (QED) is 0.327. The van der Waals surface area contributed by atoms with Crippen LogP contribution in [0.3, 0.4) is 0 Å². The predicted molar refractivity (Wildman–Crippen MR) is 137 cm³/mol. The molecule has 2 heterocycles. The van der Waals surface area contributed by atoms with Crippen LogP contribution < -0.4 is 10.9 Å². The van der Waals surface area contributed by atoms with Gasteiger partial charge in [-0.05, 0) is 30.7 Å². The summed E-state index contributed by atoms with van der Waals surface area (Å²) in [7, 11) is -3.77. The van der Waals surface area contributed by atoms with E-state index in [0.29, 0.717) is 34.8 Å². The summed E-state index contributed by atoms with van der Waals surface area (Å²) in [5.41, 5.74) is 0.751. The van der Waals surface area contributed by atoms with Crippen molar-refractivity contribution >= 4 is 50.2 Å².